The summed E-state index contributed by atoms with van der Waals surface area (Å²) in [6.07, 6.45) is -4.12. The molecule has 0 saturated carbocycles. The number of nitrogen functional groups attached to an aromatic ring is 1. The van der Waals surface area contributed by atoms with Gasteiger partial charge < -0.3 is 10.5 Å². The van der Waals surface area contributed by atoms with Gasteiger partial charge >= 0.3 is 6.18 Å². The first-order chi connectivity index (χ1) is 9.87. The second-order valence-corrected chi connectivity index (χ2v) is 5.23. The van der Waals surface area contributed by atoms with Gasteiger partial charge in [-0.15, -0.1) is 0 Å². The molecule has 4 nitrogen and oxygen atoms in total. The zero-order valence-electron chi connectivity index (χ0n) is 12.0. The quantitative estimate of drug-likeness (QED) is 0.864. The maximum atomic E-state index is 12.3. The van der Waals surface area contributed by atoms with Crippen molar-refractivity contribution in [1.82, 2.24) is 9.80 Å². The summed E-state index contributed by atoms with van der Waals surface area (Å²) in [6, 6.07) is 5.50. The number of benzene rings is 1. The number of nitrogens with zero attached hydrogens (tertiary/aromatic N) is 2. The Morgan fingerprint density at radius 1 is 1.14 bits per heavy atom. The molecule has 0 aliphatic carbocycles. The first-order valence-electron chi connectivity index (χ1n) is 6.81. The lowest BCUT2D eigenvalue weighted by Crippen LogP contribution is -2.48. The van der Waals surface area contributed by atoms with Crippen LogP contribution < -0.4 is 10.5 Å². The van der Waals surface area contributed by atoms with Crippen LogP contribution in [-0.4, -0.2) is 55.8 Å². The molecule has 0 atom stereocenters. The highest BCUT2D eigenvalue weighted by molar-refractivity contribution is 5.51. The van der Waals surface area contributed by atoms with Crippen LogP contribution in [0.4, 0.5) is 18.9 Å². The number of alkyl halides is 3. The van der Waals surface area contributed by atoms with Crippen LogP contribution in [-0.2, 0) is 6.54 Å². The number of piperazine rings is 1. The number of halogens is 3. The molecule has 0 aromatic heterocycles. The van der Waals surface area contributed by atoms with Gasteiger partial charge in [-0.2, -0.15) is 13.2 Å². The molecule has 1 aromatic carbocycles. The van der Waals surface area contributed by atoms with Gasteiger partial charge in [0.05, 0.1) is 13.7 Å². The van der Waals surface area contributed by atoms with Crippen LogP contribution in [0.5, 0.6) is 5.75 Å². The van der Waals surface area contributed by atoms with Crippen molar-refractivity contribution < 1.29 is 17.9 Å². The summed E-state index contributed by atoms with van der Waals surface area (Å²) in [6.45, 7) is 1.90. The zero-order valence-corrected chi connectivity index (χ0v) is 12.0. The SMILES string of the molecule is COc1ccc(CN2CCN(CC(F)(F)F)CC2)c(N)c1. The van der Waals surface area contributed by atoms with Gasteiger partial charge in [0.1, 0.15) is 5.75 Å². The fourth-order valence-corrected chi connectivity index (χ4v) is 2.44. The third kappa shape index (κ3) is 4.78. The molecular formula is C14H20F3N3O. The number of rotatable bonds is 4. The van der Waals surface area contributed by atoms with E-state index < -0.39 is 12.7 Å². The van der Waals surface area contributed by atoms with Gasteiger partial charge in [0.15, 0.2) is 0 Å². The van der Waals surface area contributed by atoms with Crippen LogP contribution in [0.2, 0.25) is 0 Å². The molecular weight excluding hydrogens is 283 g/mol. The maximum Gasteiger partial charge on any atom is 0.401 e. The predicted octanol–water partition coefficient (Wildman–Crippen LogP) is 1.96. The van der Waals surface area contributed by atoms with Crippen molar-refractivity contribution in [1.29, 1.82) is 0 Å². The summed E-state index contributed by atoms with van der Waals surface area (Å²) >= 11 is 0. The molecule has 0 bridgehead atoms. The predicted molar refractivity (Wildman–Crippen MR) is 75.2 cm³/mol. The van der Waals surface area contributed by atoms with Crippen LogP contribution in [0.3, 0.4) is 0 Å². The molecule has 21 heavy (non-hydrogen) atoms. The molecule has 1 aliphatic rings. The van der Waals surface area contributed by atoms with Gasteiger partial charge in [-0.05, 0) is 11.6 Å². The molecule has 118 valence electrons. The summed E-state index contributed by atoms with van der Waals surface area (Å²) in [7, 11) is 1.58. The Morgan fingerprint density at radius 3 is 2.29 bits per heavy atom. The number of hydrogen-bond donors (Lipinski definition) is 1. The Hall–Kier alpha value is -1.47. The van der Waals surface area contributed by atoms with Crippen LogP contribution in [0.1, 0.15) is 5.56 Å². The second-order valence-electron chi connectivity index (χ2n) is 5.23. The number of hydrogen-bond acceptors (Lipinski definition) is 4. The number of ether oxygens (including phenoxy) is 1. The molecule has 2 rings (SSSR count). The van der Waals surface area contributed by atoms with Crippen LogP contribution >= 0.6 is 0 Å². The van der Waals surface area contributed by atoms with E-state index in [1.165, 1.54) is 4.90 Å². The van der Waals surface area contributed by atoms with Gasteiger partial charge in [-0.25, -0.2) is 0 Å². The number of anilines is 1. The van der Waals surface area contributed by atoms with E-state index in [2.05, 4.69) is 4.90 Å². The normalized spacial score (nSPS) is 17.9. The minimum absolute atomic E-state index is 0.426. The fourth-order valence-electron chi connectivity index (χ4n) is 2.44. The zero-order chi connectivity index (χ0) is 15.5. The second kappa shape index (κ2) is 6.53. The van der Waals surface area contributed by atoms with E-state index in [0.717, 1.165) is 5.56 Å². The standard InChI is InChI=1S/C14H20F3N3O/c1-21-12-3-2-11(13(18)8-12)9-19-4-6-20(7-5-19)10-14(15,16)17/h2-3,8H,4-7,9-10,18H2,1H3. The van der Waals surface area contributed by atoms with Crippen LogP contribution in [0, 0.1) is 0 Å². The van der Waals surface area contributed by atoms with Crippen molar-refractivity contribution in [3.8, 4) is 5.75 Å². The van der Waals surface area contributed by atoms with E-state index in [0.29, 0.717) is 44.2 Å². The number of methoxy groups -OCH3 is 1. The highest BCUT2D eigenvalue weighted by Crippen LogP contribution is 2.22. The molecule has 1 saturated heterocycles. The van der Waals surface area contributed by atoms with Gasteiger partial charge in [-0.1, -0.05) is 6.07 Å². The van der Waals surface area contributed by atoms with Crippen molar-refractivity contribution in [2.45, 2.75) is 12.7 Å². The van der Waals surface area contributed by atoms with Crippen molar-refractivity contribution in [2.24, 2.45) is 0 Å². The van der Waals surface area contributed by atoms with Crippen molar-refractivity contribution >= 4 is 5.69 Å². The van der Waals surface area contributed by atoms with Gasteiger partial charge in [0.25, 0.3) is 0 Å². The Labute approximate surface area is 122 Å². The van der Waals surface area contributed by atoms with Gasteiger partial charge in [-0.3, -0.25) is 9.80 Å². The molecule has 2 N–H and O–H groups in total. The summed E-state index contributed by atoms with van der Waals surface area (Å²) < 4.78 is 42.1. The molecule has 1 aromatic rings. The topological polar surface area (TPSA) is 41.7 Å². The Bertz CT molecular complexity index is 471. The highest BCUT2D eigenvalue weighted by Gasteiger charge is 2.32. The highest BCUT2D eigenvalue weighted by atomic mass is 19.4. The van der Waals surface area contributed by atoms with E-state index in [1.807, 2.05) is 12.1 Å². The van der Waals surface area contributed by atoms with Gasteiger partial charge in [0, 0.05) is 44.5 Å². The van der Waals surface area contributed by atoms with Crippen LogP contribution in [0.15, 0.2) is 18.2 Å². The van der Waals surface area contributed by atoms with Crippen molar-refractivity contribution in [3.63, 3.8) is 0 Å². The maximum absolute atomic E-state index is 12.3. The largest absolute Gasteiger partial charge is 0.497 e. The summed E-state index contributed by atoms with van der Waals surface area (Å²) in [4.78, 5) is 3.55. The third-order valence-corrected chi connectivity index (χ3v) is 3.61. The molecule has 0 spiro atoms. The lowest BCUT2D eigenvalue weighted by atomic mass is 10.1. The average Bonchev–Trinajstić information content (AvgIpc) is 2.41. The van der Waals surface area contributed by atoms with E-state index in [1.54, 1.807) is 13.2 Å². The van der Waals surface area contributed by atoms with Crippen LogP contribution in [0.25, 0.3) is 0 Å². The first kappa shape index (κ1) is 15.9. The first-order valence-corrected chi connectivity index (χ1v) is 6.81. The average molecular weight is 303 g/mol. The van der Waals surface area contributed by atoms with Gasteiger partial charge in [0.2, 0.25) is 0 Å². The number of nitrogens with two attached hydrogens (primary N) is 1. The van der Waals surface area contributed by atoms with E-state index in [9.17, 15) is 13.2 Å². The Kier molecular flexibility index (Phi) is 4.95. The lowest BCUT2D eigenvalue weighted by Gasteiger charge is -2.35. The van der Waals surface area contributed by atoms with E-state index in [-0.39, 0.29) is 0 Å². The molecule has 1 fully saturated rings. The van der Waals surface area contributed by atoms with Crippen molar-refractivity contribution in [3.05, 3.63) is 23.8 Å². The van der Waals surface area contributed by atoms with E-state index >= 15 is 0 Å². The Morgan fingerprint density at radius 2 is 1.76 bits per heavy atom. The molecule has 0 amide bonds. The minimum atomic E-state index is -4.12. The third-order valence-electron chi connectivity index (χ3n) is 3.61. The Balaban J connectivity index is 1.86. The lowest BCUT2D eigenvalue weighted by molar-refractivity contribution is -0.149. The molecule has 1 aliphatic heterocycles. The summed E-state index contributed by atoms with van der Waals surface area (Å²) in [5.41, 5.74) is 7.58. The fraction of sp³-hybridized carbons (Fsp3) is 0.571. The molecule has 7 heteroatoms. The smallest absolute Gasteiger partial charge is 0.401 e. The van der Waals surface area contributed by atoms with E-state index in [4.69, 9.17) is 10.5 Å². The monoisotopic (exact) mass is 303 g/mol. The molecule has 0 radical (unpaired) electrons. The van der Waals surface area contributed by atoms with Crippen molar-refractivity contribution in [2.75, 3.05) is 45.6 Å². The minimum Gasteiger partial charge on any atom is -0.497 e. The molecule has 0 unspecified atom stereocenters. The molecule has 1 heterocycles. The summed E-state index contributed by atoms with van der Waals surface area (Å²) in [5.74, 6) is 0.700. The summed E-state index contributed by atoms with van der Waals surface area (Å²) in [5, 5.41) is 0.